The molecule has 1 saturated heterocycles. The largest absolute Gasteiger partial charge is 0.492 e. The maximum absolute atomic E-state index is 15.6. The van der Waals surface area contributed by atoms with Crippen molar-refractivity contribution in [2.45, 2.75) is 31.3 Å². The number of hydrogen-bond donors (Lipinski definition) is 2. The average molecular weight is 518 g/mol. The van der Waals surface area contributed by atoms with Crippen LogP contribution in [-0.2, 0) is 0 Å². The van der Waals surface area contributed by atoms with Gasteiger partial charge in [0, 0.05) is 25.3 Å². The topological polar surface area (TPSA) is 106 Å². The average Bonchev–Trinajstić information content (AvgIpc) is 3.44. The Morgan fingerprint density at radius 3 is 2.77 bits per heavy atom. The number of nitrogens with two attached hydrogens (primary N) is 1. The Morgan fingerprint density at radius 2 is 2.09 bits per heavy atom. The molecule has 4 heterocycles. The van der Waals surface area contributed by atoms with Crippen LogP contribution in [0.2, 0.25) is 0 Å². The summed E-state index contributed by atoms with van der Waals surface area (Å²) in [5, 5.41) is 0.253. The number of anilines is 1. The molecule has 3 N–H and O–H groups in total. The second kappa shape index (κ2) is 8.92. The van der Waals surface area contributed by atoms with Crippen LogP contribution in [0.25, 0.3) is 21.1 Å². The number of nitrogens with zero attached hydrogens (tertiary/aromatic N) is 3. The molecule has 0 bridgehead atoms. The first kappa shape index (κ1) is 23.8. The number of H-pyrrole nitrogens is 1. The first-order valence-corrected chi connectivity index (χ1v) is 12.2. The van der Waals surface area contributed by atoms with Crippen LogP contribution >= 0.6 is 23.9 Å². The fraction of sp³-hybridized carbons (Fsp3) is 0.375. The molecule has 1 aliphatic carbocycles. The van der Waals surface area contributed by atoms with E-state index in [0.717, 1.165) is 36.5 Å². The third kappa shape index (κ3) is 3.71. The molecule has 2 aliphatic rings. The molecule has 8 nitrogen and oxygen atoms in total. The number of halogens is 2. The molecule has 184 valence electrons. The Labute approximate surface area is 210 Å². The summed E-state index contributed by atoms with van der Waals surface area (Å²) in [6.07, 6.45) is 4.37. The van der Waals surface area contributed by atoms with Crippen LogP contribution in [0, 0.1) is 11.7 Å². The number of pyridine rings is 2. The van der Waals surface area contributed by atoms with E-state index in [1.54, 1.807) is 6.20 Å². The minimum atomic E-state index is -0.540. The molecule has 1 unspecified atom stereocenters. The number of aromatic nitrogens is 3. The fourth-order valence-corrected chi connectivity index (χ4v) is 6.10. The summed E-state index contributed by atoms with van der Waals surface area (Å²) < 4.78 is 26.1. The molecule has 1 aliphatic heterocycles. The van der Waals surface area contributed by atoms with Crippen molar-refractivity contribution in [1.29, 1.82) is 0 Å². The summed E-state index contributed by atoms with van der Waals surface area (Å²) in [4.78, 5) is 32.5. The lowest BCUT2D eigenvalue weighted by molar-refractivity contribution is 0.413. The van der Waals surface area contributed by atoms with Crippen LogP contribution in [0.4, 0.5) is 10.1 Å². The van der Waals surface area contributed by atoms with Crippen molar-refractivity contribution in [2.75, 3.05) is 25.1 Å². The molecule has 3 aromatic heterocycles. The molecule has 2 atom stereocenters. The van der Waals surface area contributed by atoms with E-state index in [0.29, 0.717) is 34.9 Å². The SMILES string of the molecule is COc1c(N2CC[C@@H](C(N)c3ccccn3)C2)c(F)cc2c(=O)c3c(=O)[nH]sc3n(C3CC3)c12.Cl. The Morgan fingerprint density at radius 1 is 1.29 bits per heavy atom. The molecular formula is C24H25ClFN5O3S. The molecule has 0 radical (unpaired) electrons. The van der Waals surface area contributed by atoms with E-state index in [-0.39, 0.29) is 41.2 Å². The monoisotopic (exact) mass is 517 g/mol. The minimum absolute atomic E-state index is 0. The normalized spacial score (nSPS) is 18.7. The zero-order valence-corrected chi connectivity index (χ0v) is 20.6. The van der Waals surface area contributed by atoms with Gasteiger partial charge in [0.1, 0.15) is 15.9 Å². The highest BCUT2D eigenvalue weighted by molar-refractivity contribution is 7.12. The molecule has 1 aromatic carbocycles. The number of rotatable bonds is 5. The zero-order valence-electron chi connectivity index (χ0n) is 19.0. The van der Waals surface area contributed by atoms with Crippen molar-refractivity contribution in [3.8, 4) is 5.75 Å². The lowest BCUT2D eigenvalue weighted by Gasteiger charge is -2.25. The molecule has 0 spiro atoms. The molecule has 2 fully saturated rings. The number of hydrogen-bond acceptors (Lipinski definition) is 7. The Bertz CT molecular complexity index is 1530. The van der Waals surface area contributed by atoms with E-state index in [1.165, 1.54) is 13.2 Å². The zero-order chi connectivity index (χ0) is 23.6. The number of aromatic amines is 1. The van der Waals surface area contributed by atoms with Gasteiger partial charge in [-0.2, -0.15) is 0 Å². The van der Waals surface area contributed by atoms with E-state index >= 15 is 4.39 Å². The minimum Gasteiger partial charge on any atom is -0.492 e. The third-order valence-corrected chi connectivity index (χ3v) is 7.87. The van der Waals surface area contributed by atoms with Gasteiger partial charge in [-0.25, -0.2) is 4.39 Å². The number of fused-ring (bicyclic) bond motifs is 2. The van der Waals surface area contributed by atoms with Crippen molar-refractivity contribution in [2.24, 2.45) is 11.7 Å². The van der Waals surface area contributed by atoms with E-state index in [2.05, 4.69) is 9.36 Å². The van der Waals surface area contributed by atoms with Crippen molar-refractivity contribution < 1.29 is 9.13 Å². The van der Waals surface area contributed by atoms with Gasteiger partial charge in [-0.05, 0) is 54.9 Å². The van der Waals surface area contributed by atoms with Crippen LogP contribution in [-0.4, -0.2) is 34.1 Å². The number of ether oxygens (including phenoxy) is 1. The predicted molar refractivity (Wildman–Crippen MR) is 138 cm³/mol. The van der Waals surface area contributed by atoms with Gasteiger partial charge in [0.05, 0.1) is 29.7 Å². The summed E-state index contributed by atoms with van der Waals surface area (Å²) in [6, 6.07) is 6.82. The van der Waals surface area contributed by atoms with E-state index < -0.39 is 16.8 Å². The smallest absolute Gasteiger partial charge is 0.271 e. The summed E-state index contributed by atoms with van der Waals surface area (Å²) in [7, 11) is 1.50. The number of nitrogens with one attached hydrogen (secondary N) is 1. The van der Waals surface area contributed by atoms with E-state index in [9.17, 15) is 9.59 Å². The van der Waals surface area contributed by atoms with Gasteiger partial charge in [-0.15, -0.1) is 12.4 Å². The third-order valence-electron chi connectivity index (χ3n) is 6.99. The van der Waals surface area contributed by atoms with Crippen LogP contribution < -0.4 is 26.4 Å². The summed E-state index contributed by atoms with van der Waals surface area (Å²) >= 11 is 1.14. The fourth-order valence-electron chi connectivity index (χ4n) is 5.19. The van der Waals surface area contributed by atoms with Crippen LogP contribution in [0.15, 0.2) is 40.1 Å². The number of methoxy groups -OCH3 is 1. The van der Waals surface area contributed by atoms with Crippen molar-refractivity contribution >= 4 is 50.7 Å². The van der Waals surface area contributed by atoms with Gasteiger partial charge in [-0.1, -0.05) is 6.07 Å². The maximum atomic E-state index is 15.6. The first-order valence-electron chi connectivity index (χ1n) is 11.4. The highest BCUT2D eigenvalue weighted by Gasteiger charge is 2.35. The Kier molecular flexibility index (Phi) is 6.06. The van der Waals surface area contributed by atoms with E-state index in [1.807, 2.05) is 27.7 Å². The summed E-state index contributed by atoms with van der Waals surface area (Å²) in [5.41, 5.74) is 7.30. The van der Waals surface area contributed by atoms with Gasteiger partial charge >= 0.3 is 0 Å². The molecule has 6 rings (SSSR count). The second-order valence-corrected chi connectivity index (χ2v) is 9.85. The molecule has 35 heavy (non-hydrogen) atoms. The van der Waals surface area contributed by atoms with Crippen molar-refractivity contribution in [3.63, 3.8) is 0 Å². The standard InChI is InChI=1S/C24H24FN5O3S.ClH/c1-33-22-19-14(21(31)17-23(32)28-34-24(17)30(19)13-5-6-13)10-15(25)20(22)29-9-7-12(11-29)18(26)16-4-2-3-8-27-16;/h2-4,8,10,12-13,18H,5-7,9,11,26H2,1H3,(H,28,32);1H/t12-,18?;/m1./s1. The Balaban J connectivity index is 0.00000253. The van der Waals surface area contributed by atoms with Crippen LogP contribution in [0.3, 0.4) is 0 Å². The van der Waals surface area contributed by atoms with Crippen molar-refractivity contribution in [3.05, 3.63) is 62.6 Å². The molecule has 11 heteroatoms. The molecule has 4 aromatic rings. The van der Waals surface area contributed by atoms with Gasteiger partial charge in [0.25, 0.3) is 5.56 Å². The van der Waals surface area contributed by atoms with E-state index in [4.69, 9.17) is 10.5 Å². The quantitative estimate of drug-likeness (QED) is 0.418. The van der Waals surface area contributed by atoms with Gasteiger partial charge in [0.2, 0.25) is 5.43 Å². The van der Waals surface area contributed by atoms with Gasteiger partial charge < -0.3 is 19.9 Å². The number of benzene rings is 1. The molecular weight excluding hydrogens is 493 g/mol. The van der Waals surface area contributed by atoms with Gasteiger partial charge in [-0.3, -0.25) is 18.9 Å². The van der Waals surface area contributed by atoms with Crippen LogP contribution in [0.1, 0.15) is 37.0 Å². The predicted octanol–water partition coefficient (Wildman–Crippen LogP) is 3.73. The highest BCUT2D eigenvalue weighted by atomic mass is 35.5. The lowest BCUT2D eigenvalue weighted by atomic mass is 9.96. The van der Waals surface area contributed by atoms with Crippen molar-refractivity contribution in [1.82, 2.24) is 13.9 Å². The summed E-state index contributed by atoms with van der Waals surface area (Å²) in [6.45, 7) is 1.15. The Hall–Kier alpha value is -2.95. The van der Waals surface area contributed by atoms with Crippen LogP contribution in [0.5, 0.6) is 5.75 Å². The maximum Gasteiger partial charge on any atom is 0.271 e. The molecule has 0 amide bonds. The highest BCUT2D eigenvalue weighted by Crippen LogP contribution is 2.46. The first-order chi connectivity index (χ1) is 16.5. The summed E-state index contributed by atoms with van der Waals surface area (Å²) in [5.74, 6) is -0.117. The van der Waals surface area contributed by atoms with Gasteiger partial charge in [0.15, 0.2) is 11.6 Å². The lowest BCUT2D eigenvalue weighted by Crippen LogP contribution is -2.27. The molecule has 1 saturated carbocycles. The second-order valence-electron chi connectivity index (χ2n) is 9.06.